The molecule has 2 aromatic rings. The van der Waals surface area contributed by atoms with E-state index < -0.39 is 0 Å². The number of hydrogen-bond acceptors (Lipinski definition) is 2. The molecule has 1 fully saturated rings. The topological polar surface area (TPSA) is 17.1 Å². The highest BCUT2D eigenvalue weighted by Gasteiger charge is 2.64. The Hall–Kier alpha value is -1.25. The number of benzene rings is 2. The van der Waals surface area contributed by atoms with Crippen LogP contribution in [-0.4, -0.2) is 10.5 Å². The summed E-state index contributed by atoms with van der Waals surface area (Å²) in [4.78, 5) is 13.7. The molecule has 1 nitrogen and oxygen atoms in total. The Morgan fingerprint density at radius 1 is 1.11 bits per heavy atom. The van der Waals surface area contributed by atoms with Crippen molar-refractivity contribution in [3.8, 4) is 0 Å². The van der Waals surface area contributed by atoms with Crippen LogP contribution in [0.15, 0.2) is 53.4 Å². The first-order valence-electron chi connectivity index (χ1n) is 6.29. The van der Waals surface area contributed by atoms with Crippen LogP contribution >= 0.6 is 23.4 Å². The number of carbonyl (C=O) groups is 1. The summed E-state index contributed by atoms with van der Waals surface area (Å²) in [6, 6.07) is 15.8. The maximum absolute atomic E-state index is 12.6. The summed E-state index contributed by atoms with van der Waals surface area (Å²) in [5, 5.41) is 0.743. The molecular formula is C16H11ClOS. The molecule has 0 saturated heterocycles. The van der Waals surface area contributed by atoms with Gasteiger partial charge in [-0.25, -0.2) is 0 Å². The van der Waals surface area contributed by atoms with E-state index in [2.05, 4.69) is 0 Å². The molecule has 1 heterocycles. The van der Waals surface area contributed by atoms with E-state index in [9.17, 15) is 4.79 Å². The first-order chi connectivity index (χ1) is 9.21. The van der Waals surface area contributed by atoms with Gasteiger partial charge in [0.15, 0.2) is 5.78 Å². The predicted octanol–water partition coefficient (Wildman–Crippen LogP) is 4.55. The van der Waals surface area contributed by atoms with E-state index in [1.54, 1.807) is 11.8 Å². The fourth-order valence-electron chi connectivity index (χ4n) is 2.90. The molecule has 0 radical (unpaired) electrons. The van der Waals surface area contributed by atoms with Crippen LogP contribution in [0.1, 0.15) is 28.3 Å². The van der Waals surface area contributed by atoms with Crippen LogP contribution in [-0.2, 0) is 0 Å². The van der Waals surface area contributed by atoms with Gasteiger partial charge in [0.05, 0.1) is 4.75 Å². The second kappa shape index (κ2) is 3.87. The van der Waals surface area contributed by atoms with Crippen molar-refractivity contribution in [2.24, 2.45) is 0 Å². The monoisotopic (exact) mass is 286 g/mol. The minimum Gasteiger partial charge on any atom is -0.293 e. The van der Waals surface area contributed by atoms with Gasteiger partial charge in [0.25, 0.3) is 0 Å². The highest BCUT2D eigenvalue weighted by molar-refractivity contribution is 8.02. The highest BCUT2D eigenvalue weighted by Crippen LogP contribution is 2.67. The lowest BCUT2D eigenvalue weighted by Gasteiger charge is -2.06. The molecular weight excluding hydrogens is 276 g/mol. The number of fused-ring (bicyclic) bond motifs is 1. The molecule has 2 aliphatic rings. The van der Waals surface area contributed by atoms with Crippen molar-refractivity contribution in [2.45, 2.75) is 22.0 Å². The number of carbonyl (C=O) groups excluding carboxylic acids is 1. The van der Waals surface area contributed by atoms with Gasteiger partial charge in [-0.2, -0.15) is 0 Å². The van der Waals surface area contributed by atoms with Gasteiger partial charge in [0.1, 0.15) is 0 Å². The molecule has 1 spiro atoms. The van der Waals surface area contributed by atoms with Gasteiger partial charge >= 0.3 is 0 Å². The largest absolute Gasteiger partial charge is 0.293 e. The summed E-state index contributed by atoms with van der Waals surface area (Å²) >= 11 is 7.65. The van der Waals surface area contributed by atoms with Crippen molar-refractivity contribution in [3.05, 3.63) is 64.7 Å². The zero-order chi connectivity index (χ0) is 13.0. The second-order valence-electron chi connectivity index (χ2n) is 5.13. The van der Waals surface area contributed by atoms with Crippen LogP contribution < -0.4 is 0 Å². The summed E-state index contributed by atoms with van der Waals surface area (Å²) in [7, 11) is 0. The fourth-order valence-corrected chi connectivity index (χ4v) is 4.57. The molecule has 1 aliphatic carbocycles. The van der Waals surface area contributed by atoms with Crippen LogP contribution in [0.3, 0.4) is 0 Å². The lowest BCUT2D eigenvalue weighted by molar-refractivity contribution is 0.0981. The molecule has 0 aromatic heterocycles. The van der Waals surface area contributed by atoms with E-state index in [0.29, 0.717) is 11.7 Å². The summed E-state index contributed by atoms with van der Waals surface area (Å²) < 4.78 is -0.239. The molecule has 94 valence electrons. The number of rotatable bonds is 1. The average molecular weight is 287 g/mol. The molecule has 2 unspecified atom stereocenters. The zero-order valence-electron chi connectivity index (χ0n) is 10.1. The second-order valence-corrected chi connectivity index (χ2v) is 6.93. The van der Waals surface area contributed by atoms with E-state index in [4.69, 9.17) is 11.6 Å². The highest BCUT2D eigenvalue weighted by atomic mass is 35.5. The number of hydrogen-bond donors (Lipinski definition) is 0. The Balaban J connectivity index is 1.70. The number of ketones is 1. The Bertz CT molecular complexity index is 679. The molecule has 4 rings (SSSR count). The van der Waals surface area contributed by atoms with E-state index in [1.807, 2.05) is 48.5 Å². The van der Waals surface area contributed by atoms with Crippen LogP contribution in [0.4, 0.5) is 0 Å². The van der Waals surface area contributed by atoms with Crippen LogP contribution in [0, 0.1) is 0 Å². The van der Waals surface area contributed by atoms with Gasteiger partial charge < -0.3 is 0 Å². The van der Waals surface area contributed by atoms with E-state index in [1.165, 1.54) is 5.56 Å². The van der Waals surface area contributed by atoms with E-state index in [0.717, 1.165) is 21.9 Å². The van der Waals surface area contributed by atoms with Gasteiger partial charge in [0.2, 0.25) is 0 Å². The first-order valence-corrected chi connectivity index (χ1v) is 7.48. The number of halogens is 1. The lowest BCUT2D eigenvalue weighted by atomic mass is 10.0. The molecule has 2 aromatic carbocycles. The first kappa shape index (κ1) is 11.6. The Morgan fingerprint density at radius 3 is 2.58 bits per heavy atom. The molecule has 1 aliphatic heterocycles. The molecule has 0 amide bonds. The van der Waals surface area contributed by atoms with E-state index >= 15 is 0 Å². The van der Waals surface area contributed by atoms with Crippen molar-refractivity contribution in [2.75, 3.05) is 0 Å². The molecule has 0 bridgehead atoms. The van der Waals surface area contributed by atoms with Gasteiger partial charge in [-0.15, -0.1) is 11.8 Å². The quantitative estimate of drug-likeness (QED) is 0.765. The van der Waals surface area contributed by atoms with Crippen molar-refractivity contribution in [1.29, 1.82) is 0 Å². The fraction of sp³-hybridized carbons (Fsp3) is 0.188. The third-order valence-electron chi connectivity index (χ3n) is 3.99. The SMILES string of the molecule is O=C1c2ccccc2SC12CC2c1ccc(Cl)cc1. The average Bonchev–Trinajstić information content (AvgIpc) is 3.07. The summed E-state index contributed by atoms with van der Waals surface area (Å²) in [6.07, 6.45) is 0.937. The minimum atomic E-state index is -0.239. The molecule has 2 atom stereocenters. The van der Waals surface area contributed by atoms with Crippen LogP contribution in [0.2, 0.25) is 5.02 Å². The van der Waals surface area contributed by atoms with Crippen molar-refractivity contribution in [1.82, 2.24) is 0 Å². The standard InChI is InChI=1S/C16H11ClOS/c17-11-7-5-10(6-8-11)13-9-16(13)15(18)12-3-1-2-4-14(12)19-16/h1-8,13H,9H2. The lowest BCUT2D eigenvalue weighted by Crippen LogP contribution is -2.15. The van der Waals surface area contributed by atoms with E-state index in [-0.39, 0.29) is 4.75 Å². The molecule has 1 saturated carbocycles. The van der Waals surface area contributed by atoms with Crippen molar-refractivity contribution in [3.63, 3.8) is 0 Å². The minimum absolute atomic E-state index is 0.239. The third kappa shape index (κ3) is 1.60. The van der Waals surface area contributed by atoms with Gasteiger partial charge in [-0.1, -0.05) is 41.9 Å². The molecule has 0 N–H and O–H groups in total. The summed E-state index contributed by atoms with van der Waals surface area (Å²) in [6.45, 7) is 0. The van der Waals surface area contributed by atoms with Gasteiger partial charge in [-0.05, 0) is 30.2 Å². The summed E-state index contributed by atoms with van der Waals surface area (Å²) in [5.74, 6) is 0.628. The maximum Gasteiger partial charge on any atom is 0.181 e. The number of thioether (sulfide) groups is 1. The van der Waals surface area contributed by atoms with Crippen LogP contribution in [0.25, 0.3) is 0 Å². The van der Waals surface area contributed by atoms with Crippen molar-refractivity contribution < 1.29 is 4.79 Å². The number of Topliss-reactive ketones (excluding diaryl/α,β-unsaturated/α-hetero) is 1. The normalized spacial score (nSPS) is 27.6. The van der Waals surface area contributed by atoms with Crippen LogP contribution in [0.5, 0.6) is 0 Å². The predicted molar refractivity (Wildman–Crippen MR) is 78.2 cm³/mol. The smallest absolute Gasteiger partial charge is 0.181 e. The third-order valence-corrected chi connectivity index (χ3v) is 5.82. The molecule has 19 heavy (non-hydrogen) atoms. The Kier molecular flexibility index (Phi) is 2.36. The van der Waals surface area contributed by atoms with Gasteiger partial charge in [0, 0.05) is 21.4 Å². The maximum atomic E-state index is 12.6. The summed E-state index contributed by atoms with van der Waals surface area (Å²) in [5.41, 5.74) is 2.11. The van der Waals surface area contributed by atoms with Crippen molar-refractivity contribution >= 4 is 29.1 Å². The van der Waals surface area contributed by atoms with Gasteiger partial charge in [-0.3, -0.25) is 4.79 Å². The Morgan fingerprint density at radius 2 is 1.84 bits per heavy atom. The molecule has 3 heteroatoms. The Labute approximate surface area is 121 Å². The zero-order valence-corrected chi connectivity index (χ0v) is 11.7.